The van der Waals surface area contributed by atoms with Crippen LogP contribution in [0.25, 0.3) is 0 Å². The van der Waals surface area contributed by atoms with Gasteiger partial charge in [-0.25, -0.2) is 4.79 Å². The lowest BCUT2D eigenvalue weighted by Gasteiger charge is -2.03. The van der Waals surface area contributed by atoms with Crippen LogP contribution in [-0.2, 0) is 16.2 Å². The van der Waals surface area contributed by atoms with Crippen LogP contribution < -0.4 is 5.73 Å². The molecule has 104 valence electrons. The van der Waals surface area contributed by atoms with E-state index in [4.69, 9.17) is 10.6 Å². The fourth-order valence-corrected chi connectivity index (χ4v) is 1.64. The van der Waals surface area contributed by atoms with Gasteiger partial charge in [0, 0.05) is 17.5 Å². The maximum atomic E-state index is 11.6. The number of aromatic nitrogens is 2. The van der Waals surface area contributed by atoms with Crippen molar-refractivity contribution in [1.29, 1.82) is 0 Å². The summed E-state index contributed by atoms with van der Waals surface area (Å²) in [5.41, 5.74) is 7.42. The predicted octanol–water partition coefficient (Wildman–Crippen LogP) is 1.45. The SMILES string of the molecule is Cc1ccnn1CCC(=O)O/N=C(\N)c1ccccc1. The molecule has 2 aromatic rings. The van der Waals surface area contributed by atoms with Gasteiger partial charge in [0.2, 0.25) is 0 Å². The van der Waals surface area contributed by atoms with Crippen molar-refractivity contribution in [3.63, 3.8) is 0 Å². The summed E-state index contributed by atoms with van der Waals surface area (Å²) >= 11 is 0. The third-order valence-corrected chi connectivity index (χ3v) is 2.77. The van der Waals surface area contributed by atoms with Crippen molar-refractivity contribution in [3.8, 4) is 0 Å². The molecule has 0 fully saturated rings. The second kappa shape index (κ2) is 6.51. The van der Waals surface area contributed by atoms with E-state index in [0.717, 1.165) is 5.69 Å². The summed E-state index contributed by atoms with van der Waals surface area (Å²) in [5, 5.41) is 7.71. The minimum Gasteiger partial charge on any atom is -0.380 e. The molecule has 1 heterocycles. The van der Waals surface area contributed by atoms with E-state index in [1.807, 2.05) is 31.2 Å². The zero-order valence-corrected chi connectivity index (χ0v) is 11.2. The zero-order valence-electron chi connectivity index (χ0n) is 11.2. The third kappa shape index (κ3) is 3.68. The standard InChI is InChI=1S/C14H16N4O2/c1-11-7-9-16-18(11)10-8-13(19)20-17-14(15)12-5-3-2-4-6-12/h2-7,9H,8,10H2,1H3,(H2,15,17). The molecule has 20 heavy (non-hydrogen) atoms. The summed E-state index contributed by atoms with van der Waals surface area (Å²) in [6, 6.07) is 11.0. The van der Waals surface area contributed by atoms with Gasteiger partial charge in [-0.05, 0) is 13.0 Å². The molecule has 1 aromatic heterocycles. The zero-order chi connectivity index (χ0) is 14.4. The van der Waals surface area contributed by atoms with Crippen molar-refractivity contribution in [3.05, 3.63) is 53.9 Å². The van der Waals surface area contributed by atoms with Crippen LogP contribution in [0.4, 0.5) is 0 Å². The largest absolute Gasteiger partial charge is 0.380 e. The average Bonchev–Trinajstić information content (AvgIpc) is 2.89. The minimum absolute atomic E-state index is 0.175. The maximum Gasteiger partial charge on any atom is 0.336 e. The Labute approximate surface area is 116 Å². The molecule has 0 atom stereocenters. The number of hydrogen-bond donors (Lipinski definition) is 1. The van der Waals surface area contributed by atoms with Crippen LogP contribution in [-0.4, -0.2) is 21.6 Å². The molecule has 6 heteroatoms. The van der Waals surface area contributed by atoms with Gasteiger partial charge in [0.25, 0.3) is 0 Å². The summed E-state index contributed by atoms with van der Waals surface area (Å²) in [5.74, 6) is -0.270. The molecule has 0 saturated carbocycles. The van der Waals surface area contributed by atoms with Crippen LogP contribution in [0.3, 0.4) is 0 Å². The van der Waals surface area contributed by atoms with Gasteiger partial charge in [-0.2, -0.15) is 5.10 Å². The predicted molar refractivity (Wildman–Crippen MR) is 74.8 cm³/mol. The highest BCUT2D eigenvalue weighted by Crippen LogP contribution is 2.01. The quantitative estimate of drug-likeness (QED) is 0.386. The van der Waals surface area contributed by atoms with Gasteiger partial charge >= 0.3 is 5.97 Å². The normalized spacial score (nSPS) is 11.3. The van der Waals surface area contributed by atoms with Gasteiger partial charge in [0.05, 0.1) is 13.0 Å². The van der Waals surface area contributed by atoms with E-state index in [1.54, 1.807) is 23.0 Å². The summed E-state index contributed by atoms with van der Waals surface area (Å²) in [4.78, 5) is 16.3. The first kappa shape index (κ1) is 13.8. The number of amidine groups is 1. The monoisotopic (exact) mass is 272 g/mol. The second-order valence-electron chi connectivity index (χ2n) is 4.25. The van der Waals surface area contributed by atoms with Gasteiger partial charge in [0.1, 0.15) is 0 Å². The Morgan fingerprint density at radius 1 is 1.35 bits per heavy atom. The summed E-state index contributed by atoms with van der Waals surface area (Å²) in [6.45, 7) is 2.38. The molecule has 0 amide bonds. The smallest absolute Gasteiger partial charge is 0.336 e. The number of nitrogens with zero attached hydrogens (tertiary/aromatic N) is 3. The fraction of sp³-hybridized carbons (Fsp3) is 0.214. The number of aryl methyl sites for hydroxylation is 2. The first-order valence-electron chi connectivity index (χ1n) is 6.24. The lowest BCUT2D eigenvalue weighted by molar-refractivity contribution is -0.143. The van der Waals surface area contributed by atoms with Crippen LogP contribution >= 0.6 is 0 Å². The Hall–Kier alpha value is -2.63. The molecule has 0 spiro atoms. The molecule has 0 bridgehead atoms. The Morgan fingerprint density at radius 3 is 2.75 bits per heavy atom. The van der Waals surface area contributed by atoms with Gasteiger partial charge < -0.3 is 10.6 Å². The van der Waals surface area contributed by atoms with Crippen LogP contribution in [0, 0.1) is 6.92 Å². The number of rotatable bonds is 5. The lowest BCUT2D eigenvalue weighted by Crippen LogP contribution is -2.16. The van der Waals surface area contributed by atoms with Crippen molar-refractivity contribution >= 4 is 11.8 Å². The van der Waals surface area contributed by atoms with E-state index in [0.29, 0.717) is 12.1 Å². The van der Waals surface area contributed by atoms with Gasteiger partial charge in [-0.3, -0.25) is 4.68 Å². The molecule has 2 N–H and O–H groups in total. The number of carbonyl (C=O) groups excluding carboxylic acids is 1. The summed E-state index contributed by atoms with van der Waals surface area (Å²) in [7, 11) is 0. The van der Waals surface area contributed by atoms with E-state index in [-0.39, 0.29) is 12.3 Å². The molecule has 0 radical (unpaired) electrons. The first-order valence-corrected chi connectivity index (χ1v) is 6.24. The molecule has 6 nitrogen and oxygen atoms in total. The molecule has 0 aliphatic heterocycles. The van der Waals surface area contributed by atoms with Crippen LogP contribution in [0.15, 0.2) is 47.8 Å². The van der Waals surface area contributed by atoms with Crippen molar-refractivity contribution < 1.29 is 9.63 Å². The molecule has 1 aromatic carbocycles. The van der Waals surface area contributed by atoms with Crippen molar-refractivity contribution in [1.82, 2.24) is 9.78 Å². The highest BCUT2D eigenvalue weighted by atomic mass is 16.7. The van der Waals surface area contributed by atoms with Crippen molar-refractivity contribution in [2.45, 2.75) is 19.9 Å². The molecular weight excluding hydrogens is 256 g/mol. The number of nitrogens with two attached hydrogens (primary N) is 1. The second-order valence-corrected chi connectivity index (χ2v) is 4.25. The van der Waals surface area contributed by atoms with E-state index in [1.165, 1.54) is 0 Å². The third-order valence-electron chi connectivity index (χ3n) is 2.77. The summed E-state index contributed by atoms with van der Waals surface area (Å²) in [6.07, 6.45) is 1.88. The van der Waals surface area contributed by atoms with E-state index in [2.05, 4.69) is 10.3 Å². The first-order chi connectivity index (χ1) is 9.66. The minimum atomic E-state index is -0.446. The Bertz CT molecular complexity index is 605. The molecular formula is C14H16N4O2. The van der Waals surface area contributed by atoms with Gasteiger partial charge in [-0.1, -0.05) is 35.5 Å². The number of oxime groups is 1. The van der Waals surface area contributed by atoms with E-state index in [9.17, 15) is 4.79 Å². The number of carbonyl (C=O) groups is 1. The number of hydrogen-bond acceptors (Lipinski definition) is 4. The Morgan fingerprint density at radius 2 is 2.10 bits per heavy atom. The topological polar surface area (TPSA) is 82.5 Å². The number of benzene rings is 1. The van der Waals surface area contributed by atoms with Crippen LogP contribution in [0.1, 0.15) is 17.7 Å². The Kier molecular flexibility index (Phi) is 4.49. The van der Waals surface area contributed by atoms with Crippen molar-refractivity contribution in [2.75, 3.05) is 0 Å². The average molecular weight is 272 g/mol. The van der Waals surface area contributed by atoms with Crippen LogP contribution in [0.2, 0.25) is 0 Å². The highest BCUT2D eigenvalue weighted by Gasteiger charge is 2.06. The molecule has 0 unspecified atom stereocenters. The Balaban J connectivity index is 1.85. The van der Waals surface area contributed by atoms with Crippen molar-refractivity contribution in [2.24, 2.45) is 10.9 Å². The van der Waals surface area contributed by atoms with E-state index >= 15 is 0 Å². The molecule has 0 aliphatic rings. The highest BCUT2D eigenvalue weighted by molar-refractivity contribution is 5.97. The fourth-order valence-electron chi connectivity index (χ4n) is 1.64. The van der Waals surface area contributed by atoms with E-state index < -0.39 is 5.97 Å². The summed E-state index contributed by atoms with van der Waals surface area (Å²) < 4.78 is 1.73. The van der Waals surface area contributed by atoms with Gasteiger partial charge in [-0.15, -0.1) is 0 Å². The molecule has 2 rings (SSSR count). The van der Waals surface area contributed by atoms with Gasteiger partial charge in [0.15, 0.2) is 5.84 Å². The molecule has 0 saturated heterocycles. The van der Waals surface area contributed by atoms with Crippen LogP contribution in [0.5, 0.6) is 0 Å². The maximum absolute atomic E-state index is 11.6. The molecule has 0 aliphatic carbocycles. The lowest BCUT2D eigenvalue weighted by atomic mass is 10.2.